The number of carbonyl (C=O) groups excluding carboxylic acids is 1. The Morgan fingerprint density at radius 3 is 1.80 bits per heavy atom. The van der Waals surface area contributed by atoms with E-state index in [0.717, 1.165) is 0 Å². The van der Waals surface area contributed by atoms with Gasteiger partial charge in [0.2, 0.25) is 5.91 Å². The molecule has 4 N–H and O–H groups in total. The normalized spacial score (nSPS) is 16.6. The molecule has 120 valence electrons. The molecule has 1 amide bonds. The molecule has 0 aliphatic heterocycles. The van der Waals surface area contributed by atoms with E-state index in [1.54, 1.807) is 6.92 Å². The highest BCUT2D eigenvalue weighted by Gasteiger charge is 2.40. The Morgan fingerprint density at radius 1 is 1.05 bits per heavy atom. The van der Waals surface area contributed by atoms with Crippen LogP contribution in [0.2, 0.25) is 0 Å². The minimum Gasteiger partial charge on any atom is -0.350 e. The number of phosphoric acid groups is 1. The quantitative estimate of drug-likeness (QED) is 0.568. The lowest BCUT2D eigenvalue weighted by Gasteiger charge is -2.38. The molecule has 0 saturated carbocycles. The highest BCUT2D eigenvalue weighted by Crippen LogP contribution is 2.37. The van der Waals surface area contributed by atoms with Crippen LogP contribution < -0.4 is 10.6 Å². The topological polar surface area (TPSA) is 108 Å². The van der Waals surface area contributed by atoms with E-state index in [1.807, 2.05) is 41.5 Å². The van der Waals surface area contributed by atoms with Crippen LogP contribution in [0.1, 0.15) is 48.5 Å². The van der Waals surface area contributed by atoms with E-state index in [4.69, 9.17) is 9.79 Å². The SMILES string of the molecule is CC(C)(C)NC(=O)[C@](C)(COP(=O)(O)O)NC(C)(C)C. The van der Waals surface area contributed by atoms with Gasteiger partial charge in [-0.05, 0) is 48.5 Å². The fraction of sp³-hybridized carbons (Fsp3) is 0.917. The second-order valence-electron chi connectivity index (χ2n) is 7.18. The third-order valence-corrected chi connectivity index (χ3v) is 2.63. The molecule has 8 heteroatoms. The minimum absolute atomic E-state index is 0.381. The molecule has 0 rings (SSSR count). The fourth-order valence-corrected chi connectivity index (χ4v) is 2.10. The molecule has 0 aromatic carbocycles. The molecule has 0 aliphatic rings. The second kappa shape index (κ2) is 6.12. The highest BCUT2D eigenvalue weighted by molar-refractivity contribution is 7.46. The van der Waals surface area contributed by atoms with Crippen LogP contribution in [0.3, 0.4) is 0 Å². The number of hydrogen-bond donors (Lipinski definition) is 4. The highest BCUT2D eigenvalue weighted by atomic mass is 31.2. The lowest BCUT2D eigenvalue weighted by molar-refractivity contribution is -0.130. The molecule has 0 aromatic heterocycles. The summed E-state index contributed by atoms with van der Waals surface area (Å²) in [6.07, 6.45) is 0. The van der Waals surface area contributed by atoms with Crippen molar-refractivity contribution in [3.05, 3.63) is 0 Å². The van der Waals surface area contributed by atoms with Gasteiger partial charge in [0, 0.05) is 11.1 Å². The van der Waals surface area contributed by atoms with Crippen LogP contribution in [0.15, 0.2) is 0 Å². The molecule has 0 heterocycles. The van der Waals surface area contributed by atoms with Gasteiger partial charge in [0.1, 0.15) is 5.54 Å². The van der Waals surface area contributed by atoms with Crippen molar-refractivity contribution in [2.24, 2.45) is 0 Å². The van der Waals surface area contributed by atoms with Gasteiger partial charge in [-0.15, -0.1) is 0 Å². The predicted molar refractivity (Wildman–Crippen MR) is 77.2 cm³/mol. The largest absolute Gasteiger partial charge is 0.469 e. The molecule has 0 bridgehead atoms. The second-order valence-corrected chi connectivity index (χ2v) is 8.41. The summed E-state index contributed by atoms with van der Waals surface area (Å²) in [4.78, 5) is 30.0. The van der Waals surface area contributed by atoms with Crippen molar-refractivity contribution in [1.29, 1.82) is 0 Å². The van der Waals surface area contributed by atoms with Crippen molar-refractivity contribution in [2.45, 2.75) is 65.1 Å². The van der Waals surface area contributed by atoms with E-state index in [1.165, 1.54) is 0 Å². The van der Waals surface area contributed by atoms with Gasteiger partial charge in [0.15, 0.2) is 0 Å². The van der Waals surface area contributed by atoms with Gasteiger partial charge in [-0.25, -0.2) is 4.57 Å². The standard InChI is InChI=1S/C12H27N2O5P/c1-10(2,3)13-9(15)12(7,14-11(4,5)6)8-19-20(16,17)18/h14H,8H2,1-7H3,(H,13,15)(H2,16,17,18)/t12-/m0/s1. The maximum Gasteiger partial charge on any atom is 0.469 e. The predicted octanol–water partition coefficient (Wildman–Crippen LogP) is 1.16. The Labute approximate surface area is 120 Å². The van der Waals surface area contributed by atoms with Crippen LogP contribution in [0.4, 0.5) is 0 Å². The Balaban J connectivity index is 5.15. The number of hydrogen-bond acceptors (Lipinski definition) is 4. The third-order valence-electron chi connectivity index (χ3n) is 2.16. The van der Waals surface area contributed by atoms with Crippen LogP contribution in [0.5, 0.6) is 0 Å². The van der Waals surface area contributed by atoms with Gasteiger partial charge in [-0.1, -0.05) is 0 Å². The van der Waals surface area contributed by atoms with Crippen molar-refractivity contribution in [2.75, 3.05) is 6.61 Å². The molecule has 0 fully saturated rings. The number of phosphoric ester groups is 1. The van der Waals surface area contributed by atoms with Crippen LogP contribution >= 0.6 is 7.82 Å². The molecule has 0 unspecified atom stereocenters. The van der Waals surface area contributed by atoms with Gasteiger partial charge in [0.05, 0.1) is 6.61 Å². The van der Waals surface area contributed by atoms with Gasteiger partial charge in [0.25, 0.3) is 0 Å². The Morgan fingerprint density at radius 2 is 1.50 bits per heavy atom. The van der Waals surface area contributed by atoms with Gasteiger partial charge in [-0.3, -0.25) is 14.6 Å². The summed E-state index contributed by atoms with van der Waals surface area (Å²) in [7, 11) is -4.64. The monoisotopic (exact) mass is 310 g/mol. The Kier molecular flexibility index (Phi) is 5.97. The third kappa shape index (κ3) is 8.66. The maximum atomic E-state index is 12.4. The average molecular weight is 310 g/mol. The van der Waals surface area contributed by atoms with Crippen LogP contribution in [-0.2, 0) is 13.9 Å². The van der Waals surface area contributed by atoms with Gasteiger partial charge < -0.3 is 15.1 Å². The zero-order valence-electron chi connectivity index (χ0n) is 13.3. The van der Waals surface area contributed by atoms with Crippen molar-refractivity contribution in [3.8, 4) is 0 Å². The van der Waals surface area contributed by atoms with E-state index >= 15 is 0 Å². The molecule has 0 aliphatic carbocycles. The van der Waals surface area contributed by atoms with Gasteiger partial charge >= 0.3 is 7.82 Å². The summed E-state index contributed by atoms with van der Waals surface area (Å²) < 4.78 is 15.4. The summed E-state index contributed by atoms with van der Waals surface area (Å²) in [5.41, 5.74) is -2.14. The first kappa shape index (κ1) is 19.5. The molecule has 0 saturated heterocycles. The Hall–Kier alpha value is -0.460. The first-order valence-corrected chi connectivity index (χ1v) is 7.89. The van der Waals surface area contributed by atoms with Crippen LogP contribution in [-0.4, -0.2) is 38.9 Å². The summed E-state index contributed by atoms with van der Waals surface area (Å²) in [6, 6.07) is 0. The van der Waals surface area contributed by atoms with Gasteiger partial charge in [-0.2, -0.15) is 0 Å². The first-order chi connectivity index (χ1) is 8.54. The smallest absolute Gasteiger partial charge is 0.350 e. The number of nitrogens with one attached hydrogen (secondary N) is 2. The molecule has 7 nitrogen and oxygen atoms in total. The molecule has 20 heavy (non-hydrogen) atoms. The number of amides is 1. The van der Waals surface area contributed by atoms with Crippen LogP contribution in [0.25, 0.3) is 0 Å². The molecule has 0 spiro atoms. The minimum atomic E-state index is -4.64. The lowest BCUT2D eigenvalue weighted by atomic mass is 9.95. The number of carbonyl (C=O) groups is 1. The molecular formula is C12H27N2O5P. The first-order valence-electron chi connectivity index (χ1n) is 6.36. The molecular weight excluding hydrogens is 283 g/mol. The van der Waals surface area contributed by atoms with Crippen molar-refractivity contribution in [1.82, 2.24) is 10.6 Å². The molecule has 1 atom stereocenters. The van der Waals surface area contributed by atoms with E-state index in [2.05, 4.69) is 15.2 Å². The van der Waals surface area contributed by atoms with E-state index in [0.29, 0.717) is 0 Å². The molecule has 0 radical (unpaired) electrons. The Bertz CT molecular complexity index is 394. The zero-order chi connectivity index (χ0) is 16.4. The maximum absolute atomic E-state index is 12.4. The van der Waals surface area contributed by atoms with Crippen molar-refractivity contribution < 1.29 is 23.7 Å². The summed E-state index contributed by atoms with van der Waals surface area (Å²) in [5.74, 6) is -0.381. The van der Waals surface area contributed by atoms with E-state index < -0.39 is 31.0 Å². The van der Waals surface area contributed by atoms with Crippen molar-refractivity contribution in [3.63, 3.8) is 0 Å². The average Bonchev–Trinajstić information content (AvgIpc) is 2.08. The fourth-order valence-electron chi connectivity index (χ4n) is 1.68. The summed E-state index contributed by atoms with van der Waals surface area (Å²) in [5, 5.41) is 5.83. The molecule has 0 aromatic rings. The zero-order valence-corrected chi connectivity index (χ0v) is 14.2. The summed E-state index contributed by atoms with van der Waals surface area (Å²) in [6.45, 7) is 12.2. The lowest BCUT2D eigenvalue weighted by Crippen LogP contribution is -2.64. The summed E-state index contributed by atoms with van der Waals surface area (Å²) >= 11 is 0. The van der Waals surface area contributed by atoms with Crippen molar-refractivity contribution >= 4 is 13.7 Å². The van der Waals surface area contributed by atoms with Crippen LogP contribution in [0, 0.1) is 0 Å². The van der Waals surface area contributed by atoms with E-state index in [9.17, 15) is 9.36 Å². The number of rotatable bonds is 5. The van der Waals surface area contributed by atoms with E-state index in [-0.39, 0.29) is 5.91 Å².